The Labute approximate surface area is 153 Å². The number of piperazine rings is 1. The Balaban J connectivity index is 1.44. The fourth-order valence-corrected chi connectivity index (χ4v) is 2.90. The van der Waals surface area contributed by atoms with Crippen molar-refractivity contribution in [1.29, 1.82) is 0 Å². The number of nitrogens with one attached hydrogen (secondary N) is 2. The Kier molecular flexibility index (Phi) is 6.35. The highest BCUT2D eigenvalue weighted by Gasteiger charge is 2.14. The van der Waals surface area contributed by atoms with Crippen molar-refractivity contribution in [2.45, 2.75) is 33.4 Å². The summed E-state index contributed by atoms with van der Waals surface area (Å²) in [6, 6.07) is 1.88. The topological polar surface area (TPSA) is 101 Å². The summed E-state index contributed by atoms with van der Waals surface area (Å²) in [4.78, 5) is 14.6. The third-order valence-electron chi connectivity index (χ3n) is 4.27. The highest BCUT2D eigenvalue weighted by molar-refractivity contribution is 5.91. The molecule has 0 aliphatic carbocycles. The summed E-state index contributed by atoms with van der Waals surface area (Å²) in [5.41, 5.74) is 1.22. The standard InChI is InChI=1S/C17H27N7O2/c1-13(2)9-14-10-15(26-21-14)11-19-17(25)16-12-24(22-20-16)8-7-23-5-3-18-4-6-23/h10,12-13,18H,3-9,11H2,1-2H3,(H,19,25). The van der Waals surface area contributed by atoms with Crippen molar-refractivity contribution in [1.82, 2.24) is 35.7 Å². The largest absolute Gasteiger partial charge is 0.359 e. The number of hydrogen-bond donors (Lipinski definition) is 2. The van der Waals surface area contributed by atoms with E-state index in [1.54, 1.807) is 10.9 Å². The van der Waals surface area contributed by atoms with Crippen molar-refractivity contribution < 1.29 is 9.32 Å². The smallest absolute Gasteiger partial charge is 0.273 e. The van der Waals surface area contributed by atoms with Crippen LogP contribution in [-0.2, 0) is 19.5 Å². The molecule has 9 nitrogen and oxygen atoms in total. The molecule has 0 radical (unpaired) electrons. The molecule has 1 aliphatic heterocycles. The molecule has 142 valence electrons. The zero-order valence-corrected chi connectivity index (χ0v) is 15.4. The minimum absolute atomic E-state index is 0.264. The Morgan fingerprint density at radius 3 is 2.92 bits per heavy atom. The van der Waals surface area contributed by atoms with E-state index >= 15 is 0 Å². The molecule has 0 spiro atoms. The first-order chi connectivity index (χ1) is 12.6. The fourth-order valence-electron chi connectivity index (χ4n) is 2.90. The number of carbonyl (C=O) groups is 1. The first kappa shape index (κ1) is 18.5. The second-order valence-corrected chi connectivity index (χ2v) is 7.02. The summed E-state index contributed by atoms with van der Waals surface area (Å²) < 4.78 is 6.96. The summed E-state index contributed by atoms with van der Waals surface area (Å²) in [5, 5.41) is 18.1. The van der Waals surface area contributed by atoms with Gasteiger partial charge in [-0.1, -0.05) is 24.2 Å². The fraction of sp³-hybridized carbons (Fsp3) is 0.647. The Bertz CT molecular complexity index is 704. The normalized spacial score (nSPS) is 15.5. The third kappa shape index (κ3) is 5.37. The molecule has 0 bridgehead atoms. The predicted molar refractivity (Wildman–Crippen MR) is 95.5 cm³/mol. The highest BCUT2D eigenvalue weighted by Crippen LogP contribution is 2.09. The number of amides is 1. The maximum Gasteiger partial charge on any atom is 0.273 e. The number of nitrogens with zero attached hydrogens (tertiary/aromatic N) is 5. The maximum atomic E-state index is 12.2. The van der Waals surface area contributed by atoms with E-state index in [-0.39, 0.29) is 12.5 Å². The molecule has 2 aromatic heterocycles. The van der Waals surface area contributed by atoms with Crippen LogP contribution in [0.4, 0.5) is 0 Å². The van der Waals surface area contributed by atoms with Gasteiger partial charge in [0.25, 0.3) is 5.91 Å². The van der Waals surface area contributed by atoms with Crippen LogP contribution in [0.15, 0.2) is 16.8 Å². The van der Waals surface area contributed by atoms with Crippen LogP contribution in [0.25, 0.3) is 0 Å². The van der Waals surface area contributed by atoms with Gasteiger partial charge in [0.05, 0.1) is 25.0 Å². The lowest BCUT2D eigenvalue weighted by molar-refractivity contribution is 0.0942. The van der Waals surface area contributed by atoms with Gasteiger partial charge in [0.15, 0.2) is 11.5 Å². The van der Waals surface area contributed by atoms with Crippen molar-refractivity contribution >= 4 is 5.91 Å². The van der Waals surface area contributed by atoms with Crippen LogP contribution in [-0.4, -0.2) is 63.7 Å². The van der Waals surface area contributed by atoms with Crippen molar-refractivity contribution in [3.8, 4) is 0 Å². The van der Waals surface area contributed by atoms with Crippen molar-refractivity contribution in [2.24, 2.45) is 5.92 Å². The average molecular weight is 361 g/mol. The van der Waals surface area contributed by atoms with E-state index in [0.717, 1.165) is 51.4 Å². The molecule has 9 heteroatoms. The Morgan fingerprint density at radius 1 is 1.35 bits per heavy atom. The SMILES string of the molecule is CC(C)Cc1cc(CNC(=O)c2cn(CCN3CCNCC3)nn2)on1. The number of hydrogen-bond acceptors (Lipinski definition) is 7. The lowest BCUT2D eigenvalue weighted by atomic mass is 10.1. The van der Waals surface area contributed by atoms with E-state index in [1.165, 1.54) is 0 Å². The zero-order valence-electron chi connectivity index (χ0n) is 15.4. The lowest BCUT2D eigenvalue weighted by Crippen LogP contribution is -2.44. The molecular formula is C17H27N7O2. The maximum absolute atomic E-state index is 12.2. The second kappa shape index (κ2) is 8.91. The van der Waals surface area contributed by atoms with Crippen LogP contribution in [0, 0.1) is 5.92 Å². The quantitative estimate of drug-likeness (QED) is 0.697. The van der Waals surface area contributed by atoms with Crippen LogP contribution in [0.3, 0.4) is 0 Å². The van der Waals surface area contributed by atoms with E-state index in [0.29, 0.717) is 17.4 Å². The van der Waals surface area contributed by atoms with Gasteiger partial charge in [0.2, 0.25) is 0 Å². The zero-order chi connectivity index (χ0) is 18.4. The number of carbonyl (C=O) groups excluding carboxylic acids is 1. The molecule has 0 unspecified atom stereocenters. The van der Waals surface area contributed by atoms with Crippen LogP contribution >= 0.6 is 0 Å². The second-order valence-electron chi connectivity index (χ2n) is 7.02. The molecule has 2 N–H and O–H groups in total. The molecule has 3 heterocycles. The molecule has 3 rings (SSSR count). The van der Waals surface area contributed by atoms with Crippen molar-refractivity contribution in [3.63, 3.8) is 0 Å². The van der Waals surface area contributed by atoms with E-state index in [2.05, 4.69) is 44.8 Å². The molecule has 1 saturated heterocycles. The minimum atomic E-state index is -0.264. The number of aromatic nitrogens is 4. The van der Waals surface area contributed by atoms with E-state index < -0.39 is 0 Å². The van der Waals surface area contributed by atoms with Gasteiger partial charge >= 0.3 is 0 Å². The summed E-state index contributed by atoms with van der Waals surface area (Å²) in [5.74, 6) is 0.888. The number of rotatable bonds is 8. The van der Waals surface area contributed by atoms with Gasteiger partial charge < -0.3 is 15.2 Å². The Hall–Kier alpha value is -2.26. The highest BCUT2D eigenvalue weighted by atomic mass is 16.5. The van der Waals surface area contributed by atoms with E-state index in [1.807, 2.05) is 6.07 Å². The van der Waals surface area contributed by atoms with Gasteiger partial charge in [0.1, 0.15) is 0 Å². The van der Waals surface area contributed by atoms with Crippen LogP contribution < -0.4 is 10.6 Å². The molecule has 0 saturated carbocycles. The van der Waals surface area contributed by atoms with Crippen molar-refractivity contribution in [2.75, 3.05) is 32.7 Å². The van der Waals surface area contributed by atoms with Crippen molar-refractivity contribution in [3.05, 3.63) is 29.4 Å². The minimum Gasteiger partial charge on any atom is -0.359 e. The van der Waals surface area contributed by atoms with Gasteiger partial charge in [-0.05, 0) is 12.3 Å². The lowest BCUT2D eigenvalue weighted by Gasteiger charge is -2.26. The third-order valence-corrected chi connectivity index (χ3v) is 4.27. The molecule has 2 aromatic rings. The van der Waals surface area contributed by atoms with Crippen LogP contribution in [0.2, 0.25) is 0 Å². The summed E-state index contributed by atoms with van der Waals surface area (Å²) in [6.07, 6.45) is 2.54. The average Bonchev–Trinajstić information content (AvgIpc) is 3.28. The molecule has 0 aromatic carbocycles. The van der Waals surface area contributed by atoms with Gasteiger partial charge in [-0.3, -0.25) is 14.4 Å². The van der Waals surface area contributed by atoms with Gasteiger partial charge in [-0.2, -0.15) is 0 Å². The molecular weight excluding hydrogens is 334 g/mol. The molecule has 26 heavy (non-hydrogen) atoms. The molecule has 1 aliphatic rings. The first-order valence-electron chi connectivity index (χ1n) is 9.16. The Morgan fingerprint density at radius 2 is 2.15 bits per heavy atom. The van der Waals surface area contributed by atoms with E-state index in [9.17, 15) is 4.79 Å². The predicted octanol–water partition coefficient (Wildman–Crippen LogP) is 0.300. The van der Waals surface area contributed by atoms with E-state index in [4.69, 9.17) is 4.52 Å². The van der Waals surface area contributed by atoms with Crippen LogP contribution in [0.5, 0.6) is 0 Å². The van der Waals surface area contributed by atoms with Gasteiger partial charge in [-0.25, -0.2) is 0 Å². The van der Waals surface area contributed by atoms with Gasteiger partial charge in [0, 0.05) is 38.8 Å². The molecule has 1 fully saturated rings. The summed E-state index contributed by atoms with van der Waals surface area (Å²) >= 11 is 0. The molecule has 0 atom stereocenters. The first-order valence-corrected chi connectivity index (χ1v) is 9.16. The van der Waals surface area contributed by atoms with Gasteiger partial charge in [-0.15, -0.1) is 5.10 Å². The summed E-state index contributed by atoms with van der Waals surface area (Å²) in [7, 11) is 0. The monoisotopic (exact) mass is 361 g/mol. The summed E-state index contributed by atoms with van der Waals surface area (Å²) in [6.45, 7) is 10.3. The molecule has 1 amide bonds. The van der Waals surface area contributed by atoms with Crippen LogP contribution in [0.1, 0.15) is 35.8 Å².